The summed E-state index contributed by atoms with van der Waals surface area (Å²) in [7, 11) is 1.70. The Morgan fingerprint density at radius 3 is 2.88 bits per heavy atom. The molecule has 4 nitrogen and oxygen atoms in total. The quantitative estimate of drug-likeness (QED) is 0.666. The maximum absolute atomic E-state index is 5.78. The summed E-state index contributed by atoms with van der Waals surface area (Å²) >= 11 is 0. The van der Waals surface area contributed by atoms with Crippen LogP contribution in [0.1, 0.15) is 37.8 Å². The van der Waals surface area contributed by atoms with E-state index >= 15 is 0 Å². The van der Waals surface area contributed by atoms with Crippen LogP contribution in [0.2, 0.25) is 0 Å². The summed E-state index contributed by atoms with van der Waals surface area (Å²) in [5, 5.41) is 3.62. The van der Waals surface area contributed by atoms with Crippen LogP contribution in [0.25, 0.3) is 0 Å². The molecule has 1 aromatic carbocycles. The van der Waals surface area contributed by atoms with Crippen molar-refractivity contribution >= 4 is 0 Å². The molecule has 0 amide bonds. The van der Waals surface area contributed by atoms with E-state index in [4.69, 9.17) is 9.47 Å². The molecule has 1 aliphatic heterocycles. The molecule has 1 N–H and O–H groups in total. The van der Waals surface area contributed by atoms with Crippen LogP contribution in [0.4, 0.5) is 0 Å². The van der Waals surface area contributed by atoms with Crippen molar-refractivity contribution in [2.24, 2.45) is 0 Å². The standard InChI is InChI=1S/C20H32N2O2/c1-5-9-17-12-16(13-19(23-4)20(17)24-7-3)14-21-15-18-10-8-11-22(18)6-2/h5,12-13,18,21H,1,6-11,14-15H2,2-4H3. The molecule has 1 aromatic rings. The molecular weight excluding hydrogens is 300 g/mol. The van der Waals surface area contributed by atoms with Gasteiger partial charge < -0.3 is 14.8 Å². The minimum absolute atomic E-state index is 0.632. The van der Waals surface area contributed by atoms with E-state index in [2.05, 4.69) is 35.9 Å². The number of nitrogens with one attached hydrogen (secondary N) is 1. The number of likely N-dealkylation sites (tertiary alicyclic amines) is 1. The van der Waals surface area contributed by atoms with E-state index in [9.17, 15) is 0 Å². The Kier molecular flexibility index (Phi) is 7.60. The summed E-state index contributed by atoms with van der Waals surface area (Å²) in [6, 6.07) is 4.96. The van der Waals surface area contributed by atoms with Crippen molar-refractivity contribution in [3.05, 3.63) is 35.9 Å². The Morgan fingerprint density at radius 2 is 2.21 bits per heavy atom. The lowest BCUT2D eigenvalue weighted by atomic mass is 10.1. The third-order valence-corrected chi connectivity index (χ3v) is 4.68. The summed E-state index contributed by atoms with van der Waals surface area (Å²) in [5.74, 6) is 1.65. The minimum atomic E-state index is 0.632. The smallest absolute Gasteiger partial charge is 0.164 e. The molecule has 0 bridgehead atoms. The molecule has 0 aliphatic carbocycles. The second kappa shape index (κ2) is 9.70. The molecule has 1 fully saturated rings. The van der Waals surface area contributed by atoms with Crippen LogP contribution in [0.15, 0.2) is 24.8 Å². The maximum Gasteiger partial charge on any atom is 0.164 e. The van der Waals surface area contributed by atoms with Gasteiger partial charge in [-0.1, -0.05) is 19.1 Å². The largest absolute Gasteiger partial charge is 0.493 e. The number of likely N-dealkylation sites (N-methyl/N-ethyl adjacent to an activating group) is 1. The van der Waals surface area contributed by atoms with Gasteiger partial charge in [0.25, 0.3) is 0 Å². The molecule has 1 saturated heterocycles. The highest BCUT2D eigenvalue weighted by molar-refractivity contribution is 5.50. The zero-order valence-electron chi connectivity index (χ0n) is 15.4. The molecular formula is C20H32N2O2. The van der Waals surface area contributed by atoms with Crippen LogP contribution in [0, 0.1) is 0 Å². The maximum atomic E-state index is 5.78. The number of allylic oxidation sites excluding steroid dienone is 1. The van der Waals surface area contributed by atoms with E-state index in [1.807, 2.05) is 13.0 Å². The molecule has 1 unspecified atom stereocenters. The van der Waals surface area contributed by atoms with E-state index < -0.39 is 0 Å². The second-order valence-electron chi connectivity index (χ2n) is 6.27. The third kappa shape index (κ3) is 4.74. The lowest BCUT2D eigenvalue weighted by molar-refractivity contribution is 0.260. The Morgan fingerprint density at radius 1 is 1.38 bits per heavy atom. The molecule has 0 radical (unpaired) electrons. The fourth-order valence-corrected chi connectivity index (χ4v) is 3.52. The number of nitrogens with zero attached hydrogens (tertiary/aromatic N) is 1. The van der Waals surface area contributed by atoms with Crippen LogP contribution in [0.3, 0.4) is 0 Å². The van der Waals surface area contributed by atoms with Crippen molar-refractivity contribution in [3.63, 3.8) is 0 Å². The van der Waals surface area contributed by atoms with Crippen molar-refractivity contribution in [1.82, 2.24) is 10.2 Å². The number of methoxy groups -OCH3 is 1. The zero-order chi connectivity index (χ0) is 17.4. The first kappa shape index (κ1) is 18.8. The number of rotatable bonds is 10. The average molecular weight is 332 g/mol. The molecule has 0 saturated carbocycles. The SMILES string of the molecule is C=CCc1cc(CNCC2CCCN2CC)cc(OC)c1OCC. The van der Waals surface area contributed by atoms with Gasteiger partial charge >= 0.3 is 0 Å². The van der Waals surface area contributed by atoms with Crippen LogP contribution in [-0.2, 0) is 13.0 Å². The van der Waals surface area contributed by atoms with Gasteiger partial charge in [0.2, 0.25) is 0 Å². The fourth-order valence-electron chi connectivity index (χ4n) is 3.52. The number of hydrogen-bond acceptors (Lipinski definition) is 4. The molecule has 2 rings (SSSR count). The Labute approximate surface area is 146 Å². The van der Waals surface area contributed by atoms with Gasteiger partial charge in [-0.3, -0.25) is 4.90 Å². The molecule has 24 heavy (non-hydrogen) atoms. The first-order valence-corrected chi connectivity index (χ1v) is 9.11. The molecule has 0 spiro atoms. The summed E-state index contributed by atoms with van der Waals surface area (Å²) in [5.41, 5.74) is 2.37. The van der Waals surface area contributed by atoms with Crippen LogP contribution in [0.5, 0.6) is 11.5 Å². The third-order valence-electron chi connectivity index (χ3n) is 4.68. The first-order chi connectivity index (χ1) is 11.7. The van der Waals surface area contributed by atoms with Gasteiger partial charge in [0.1, 0.15) is 0 Å². The van der Waals surface area contributed by atoms with Gasteiger partial charge in [0, 0.05) is 24.7 Å². The average Bonchev–Trinajstić information content (AvgIpc) is 3.04. The summed E-state index contributed by atoms with van der Waals surface area (Å²) in [4.78, 5) is 2.56. The highest BCUT2D eigenvalue weighted by Gasteiger charge is 2.22. The highest BCUT2D eigenvalue weighted by Crippen LogP contribution is 2.33. The molecule has 1 aliphatic rings. The molecule has 1 heterocycles. The van der Waals surface area contributed by atoms with Crippen molar-refractivity contribution < 1.29 is 9.47 Å². The molecule has 0 aromatic heterocycles. The number of benzene rings is 1. The van der Waals surface area contributed by atoms with Crippen LogP contribution >= 0.6 is 0 Å². The summed E-state index contributed by atoms with van der Waals surface area (Å²) < 4.78 is 11.3. The Hall–Kier alpha value is -1.52. The van der Waals surface area contributed by atoms with Gasteiger partial charge in [-0.25, -0.2) is 0 Å². The van der Waals surface area contributed by atoms with Crippen LogP contribution in [-0.4, -0.2) is 44.3 Å². The lowest BCUT2D eigenvalue weighted by Gasteiger charge is -2.23. The van der Waals surface area contributed by atoms with E-state index in [1.54, 1.807) is 7.11 Å². The number of hydrogen-bond donors (Lipinski definition) is 1. The molecule has 4 heteroatoms. The predicted octanol–water partition coefficient (Wildman–Crippen LogP) is 3.40. The normalized spacial score (nSPS) is 17.9. The monoisotopic (exact) mass is 332 g/mol. The van der Waals surface area contributed by atoms with Crippen molar-refractivity contribution in [3.8, 4) is 11.5 Å². The van der Waals surface area contributed by atoms with Gasteiger partial charge in [0.15, 0.2) is 11.5 Å². The van der Waals surface area contributed by atoms with E-state index in [1.165, 1.54) is 24.9 Å². The van der Waals surface area contributed by atoms with Crippen molar-refractivity contribution in [1.29, 1.82) is 0 Å². The van der Waals surface area contributed by atoms with Crippen LogP contribution < -0.4 is 14.8 Å². The second-order valence-corrected chi connectivity index (χ2v) is 6.27. The number of ether oxygens (including phenoxy) is 2. The van der Waals surface area contributed by atoms with Gasteiger partial charge in [-0.15, -0.1) is 6.58 Å². The topological polar surface area (TPSA) is 33.7 Å². The van der Waals surface area contributed by atoms with Gasteiger partial charge in [0.05, 0.1) is 13.7 Å². The van der Waals surface area contributed by atoms with E-state index in [0.29, 0.717) is 12.6 Å². The molecule has 1 atom stereocenters. The summed E-state index contributed by atoms with van der Waals surface area (Å²) in [6.45, 7) is 13.0. The molecule has 134 valence electrons. The van der Waals surface area contributed by atoms with Crippen molar-refractivity contribution in [2.45, 2.75) is 45.7 Å². The van der Waals surface area contributed by atoms with Gasteiger partial charge in [-0.05, 0) is 50.9 Å². The Bertz CT molecular complexity index is 531. The van der Waals surface area contributed by atoms with Gasteiger partial charge in [-0.2, -0.15) is 0 Å². The van der Waals surface area contributed by atoms with E-state index in [-0.39, 0.29) is 0 Å². The lowest BCUT2D eigenvalue weighted by Crippen LogP contribution is -2.37. The predicted molar refractivity (Wildman–Crippen MR) is 100 cm³/mol. The Balaban J connectivity index is 2.03. The highest BCUT2D eigenvalue weighted by atomic mass is 16.5. The zero-order valence-corrected chi connectivity index (χ0v) is 15.4. The van der Waals surface area contributed by atoms with Crippen molar-refractivity contribution in [2.75, 3.05) is 33.4 Å². The summed E-state index contributed by atoms with van der Waals surface area (Å²) in [6.07, 6.45) is 5.31. The first-order valence-electron chi connectivity index (χ1n) is 9.11. The fraction of sp³-hybridized carbons (Fsp3) is 0.600. The van der Waals surface area contributed by atoms with E-state index in [0.717, 1.165) is 43.1 Å². The minimum Gasteiger partial charge on any atom is -0.493 e.